The fourth-order valence-electron chi connectivity index (χ4n) is 4.90. The molecule has 2 N–H and O–H groups in total. The predicted octanol–water partition coefficient (Wildman–Crippen LogP) is 6.63. The van der Waals surface area contributed by atoms with Gasteiger partial charge in [-0.1, -0.05) is 25.1 Å². The zero-order valence-corrected chi connectivity index (χ0v) is 23.7. The molecule has 0 bridgehead atoms. The molecule has 11 heteroatoms. The van der Waals surface area contributed by atoms with Crippen LogP contribution in [0.1, 0.15) is 60.5 Å². The van der Waals surface area contributed by atoms with Crippen LogP contribution in [-0.4, -0.2) is 48.3 Å². The van der Waals surface area contributed by atoms with Crippen LogP contribution in [0, 0.1) is 18.7 Å². The van der Waals surface area contributed by atoms with Crippen molar-refractivity contribution in [3.63, 3.8) is 0 Å². The van der Waals surface area contributed by atoms with E-state index in [1.54, 1.807) is 11.1 Å². The Kier molecular flexibility index (Phi) is 8.38. The number of alkyl halides is 3. The molecule has 42 heavy (non-hydrogen) atoms. The number of carbonyl (C=O) groups is 1. The fourth-order valence-corrected chi connectivity index (χ4v) is 4.90. The van der Waals surface area contributed by atoms with Gasteiger partial charge < -0.3 is 10.1 Å². The topological polar surface area (TPSA) is 78.3 Å². The van der Waals surface area contributed by atoms with E-state index in [-0.39, 0.29) is 30.0 Å². The quantitative estimate of drug-likeness (QED) is 0.359. The number of halogens is 4. The third-order valence-electron chi connectivity index (χ3n) is 7.25. The summed E-state index contributed by atoms with van der Waals surface area (Å²) >= 11 is 0. The van der Waals surface area contributed by atoms with Crippen molar-refractivity contribution >= 4 is 28.8 Å². The lowest BCUT2D eigenvalue weighted by molar-refractivity contribution is -0.132. The van der Waals surface area contributed by atoms with Gasteiger partial charge in [0, 0.05) is 29.8 Å². The molecule has 2 aliphatic heterocycles. The van der Waals surface area contributed by atoms with Gasteiger partial charge in [-0.25, -0.2) is 9.38 Å². The number of hydrazine groups is 1. The molecule has 1 saturated heterocycles. The molecule has 7 nitrogen and oxygen atoms in total. The van der Waals surface area contributed by atoms with Crippen molar-refractivity contribution in [2.45, 2.75) is 58.2 Å². The van der Waals surface area contributed by atoms with Crippen LogP contribution in [-0.2, 0) is 0 Å². The Morgan fingerprint density at radius 3 is 2.64 bits per heavy atom. The van der Waals surface area contributed by atoms with Gasteiger partial charge in [-0.2, -0.15) is 13.2 Å². The smallest absolute Gasteiger partial charge is 0.390 e. The van der Waals surface area contributed by atoms with Gasteiger partial charge in [-0.3, -0.25) is 20.2 Å². The molecule has 2 fully saturated rings. The molecular weight excluding hydrogens is 550 g/mol. The van der Waals surface area contributed by atoms with Crippen molar-refractivity contribution in [3.05, 3.63) is 76.8 Å². The molecule has 1 aliphatic carbocycles. The van der Waals surface area contributed by atoms with Crippen LogP contribution in [0.2, 0.25) is 0 Å². The molecule has 1 saturated carbocycles. The summed E-state index contributed by atoms with van der Waals surface area (Å²) < 4.78 is 58.1. The number of aryl methyl sites for hydroxylation is 1. The number of methoxy groups -OCH3 is 1. The van der Waals surface area contributed by atoms with Crippen LogP contribution in [0.4, 0.5) is 23.2 Å². The third kappa shape index (κ3) is 7.00. The van der Waals surface area contributed by atoms with E-state index in [0.29, 0.717) is 34.9 Å². The number of carbonyl (C=O) groups excluding carboxylic acids is 1. The normalized spacial score (nSPS) is 20.8. The highest BCUT2D eigenvalue weighted by Crippen LogP contribution is 2.34. The van der Waals surface area contributed by atoms with E-state index in [0.717, 1.165) is 29.7 Å². The summed E-state index contributed by atoms with van der Waals surface area (Å²) in [5, 5.41) is 4.81. The second-order valence-corrected chi connectivity index (χ2v) is 10.8. The number of nitrogens with one attached hydrogen (secondary N) is 2. The number of amides is 1. The molecule has 2 heterocycles. The van der Waals surface area contributed by atoms with E-state index in [2.05, 4.69) is 33.7 Å². The number of hydrogen-bond donors (Lipinski definition) is 2. The molecule has 1 unspecified atom stereocenters. The van der Waals surface area contributed by atoms with E-state index in [1.165, 1.54) is 25.3 Å². The number of nitrogens with zero attached hydrogens (tertiary/aromatic N) is 3. The summed E-state index contributed by atoms with van der Waals surface area (Å²) in [5.74, 6) is -0.0862. The van der Waals surface area contributed by atoms with Crippen molar-refractivity contribution in [2.75, 3.05) is 13.7 Å². The summed E-state index contributed by atoms with van der Waals surface area (Å²) in [6.07, 6.45) is 1.46. The number of ether oxygens (including phenoxy) is 1. The first kappa shape index (κ1) is 29.3. The first-order chi connectivity index (χ1) is 20.0. The zero-order valence-electron chi connectivity index (χ0n) is 23.7. The number of allylic oxidation sites excluding steroid dienone is 3. The Morgan fingerprint density at radius 1 is 1.17 bits per heavy atom. The van der Waals surface area contributed by atoms with Crippen LogP contribution in [0.5, 0.6) is 5.75 Å². The first-order valence-electron chi connectivity index (χ1n) is 13.9. The van der Waals surface area contributed by atoms with E-state index in [1.807, 2.05) is 25.1 Å². The summed E-state index contributed by atoms with van der Waals surface area (Å²) in [4.78, 5) is 21.7. The maximum absolute atomic E-state index is 14.0. The highest BCUT2D eigenvalue weighted by atomic mass is 19.4. The van der Waals surface area contributed by atoms with Gasteiger partial charge in [0.25, 0.3) is 5.91 Å². The van der Waals surface area contributed by atoms with Crippen molar-refractivity contribution in [1.82, 2.24) is 15.8 Å². The lowest BCUT2D eigenvalue weighted by Crippen LogP contribution is -2.48. The second kappa shape index (κ2) is 12.0. The van der Waals surface area contributed by atoms with Crippen LogP contribution in [0.3, 0.4) is 0 Å². The van der Waals surface area contributed by atoms with Gasteiger partial charge in [0.1, 0.15) is 5.84 Å². The summed E-state index contributed by atoms with van der Waals surface area (Å²) in [6.45, 7) is 3.52. The molecule has 3 aliphatic rings. The fraction of sp³-hybridized carbons (Fsp3) is 0.387. The third-order valence-corrected chi connectivity index (χ3v) is 7.25. The standard InChI is InChI=1S/C31H33F4N5O2/c1-18-4-11-26-25(36-13-12-31(33,34)35)17-29(37-22-8-10-24(32)28(16-22)42-3)39-40(26)27(14-18)20-5-9-23(19(2)15-20)30(41)38-21-6-7-21/h5,8-11,14-16,18,21H,4,6-7,12-13,17H2,1-3H3,(H,37,39)(H,38,41). The Labute approximate surface area is 242 Å². The Balaban J connectivity index is 1.53. The van der Waals surface area contributed by atoms with Gasteiger partial charge in [-0.15, -0.1) is 0 Å². The highest BCUT2D eigenvalue weighted by molar-refractivity contribution is 6.15. The van der Waals surface area contributed by atoms with E-state index >= 15 is 0 Å². The van der Waals surface area contributed by atoms with Crippen molar-refractivity contribution in [2.24, 2.45) is 15.9 Å². The minimum atomic E-state index is -4.33. The van der Waals surface area contributed by atoms with Crippen LogP contribution in [0.15, 0.2) is 64.2 Å². The van der Waals surface area contributed by atoms with Gasteiger partial charge in [0.2, 0.25) is 0 Å². The Morgan fingerprint density at radius 2 is 1.95 bits per heavy atom. The van der Waals surface area contributed by atoms with Gasteiger partial charge in [0.05, 0.1) is 42.7 Å². The number of benzene rings is 2. The van der Waals surface area contributed by atoms with Crippen molar-refractivity contribution in [3.8, 4) is 5.75 Å². The summed E-state index contributed by atoms with van der Waals surface area (Å²) in [7, 11) is 1.36. The van der Waals surface area contributed by atoms with Gasteiger partial charge >= 0.3 is 6.18 Å². The molecular formula is C31H33F4N5O2. The molecule has 0 spiro atoms. The second-order valence-electron chi connectivity index (χ2n) is 10.8. The zero-order chi connectivity index (χ0) is 30.0. The van der Waals surface area contributed by atoms with Gasteiger partial charge in [-0.05, 0) is 61.9 Å². The SMILES string of the molecule is COc1cc(N=C2CC(=NCCC(F)(F)F)C3=CCC(C)C=C(c4ccc(C(=O)NC5CC5)c(C)c4)N3N2)ccc1F. The maximum atomic E-state index is 14.0. The monoisotopic (exact) mass is 583 g/mol. The van der Waals surface area contributed by atoms with Crippen LogP contribution in [0.25, 0.3) is 5.70 Å². The van der Waals surface area contributed by atoms with E-state index in [4.69, 9.17) is 4.74 Å². The maximum Gasteiger partial charge on any atom is 0.390 e. The minimum absolute atomic E-state index is 0.0257. The first-order valence-corrected chi connectivity index (χ1v) is 13.9. The Bertz CT molecular complexity index is 1490. The number of rotatable bonds is 7. The number of fused-ring (bicyclic) bond motifs is 1. The van der Waals surface area contributed by atoms with Crippen molar-refractivity contribution < 1.29 is 27.1 Å². The lowest BCUT2D eigenvalue weighted by Gasteiger charge is -2.36. The minimum Gasteiger partial charge on any atom is -0.494 e. The number of aliphatic imine (C=N–C) groups is 2. The van der Waals surface area contributed by atoms with Crippen LogP contribution >= 0.6 is 0 Å². The van der Waals surface area contributed by atoms with Gasteiger partial charge in [0.15, 0.2) is 11.6 Å². The summed E-state index contributed by atoms with van der Waals surface area (Å²) in [6, 6.07) is 10.0. The molecule has 1 atom stereocenters. The number of amidine groups is 1. The predicted molar refractivity (Wildman–Crippen MR) is 154 cm³/mol. The molecule has 0 aromatic heterocycles. The molecule has 2 aromatic carbocycles. The highest BCUT2D eigenvalue weighted by Gasteiger charge is 2.32. The largest absolute Gasteiger partial charge is 0.494 e. The van der Waals surface area contributed by atoms with Crippen molar-refractivity contribution in [1.29, 1.82) is 0 Å². The van der Waals surface area contributed by atoms with Crippen LogP contribution < -0.4 is 15.5 Å². The lowest BCUT2D eigenvalue weighted by atomic mass is 9.99. The molecule has 0 radical (unpaired) electrons. The van der Waals surface area contributed by atoms with E-state index in [9.17, 15) is 22.4 Å². The van der Waals surface area contributed by atoms with E-state index < -0.39 is 25.0 Å². The molecule has 1 amide bonds. The Hall–Kier alpha value is -4.15. The molecule has 2 aromatic rings. The average Bonchev–Trinajstić information content (AvgIpc) is 3.76. The summed E-state index contributed by atoms with van der Waals surface area (Å²) in [5.41, 5.74) is 7.82. The average molecular weight is 584 g/mol. The number of hydrogen-bond acceptors (Lipinski definition) is 5. The molecule has 5 rings (SSSR count). The molecule has 222 valence electrons.